The molecule has 0 saturated carbocycles. The predicted molar refractivity (Wildman–Crippen MR) is 103 cm³/mol. The zero-order valence-corrected chi connectivity index (χ0v) is 15.0. The fourth-order valence-electron chi connectivity index (χ4n) is 3.00. The first-order valence-electron chi connectivity index (χ1n) is 8.71. The third-order valence-corrected chi connectivity index (χ3v) is 4.44. The van der Waals surface area contributed by atoms with E-state index in [9.17, 15) is 0 Å². The summed E-state index contributed by atoms with van der Waals surface area (Å²) in [5.41, 5.74) is 3.34. The minimum absolute atomic E-state index is 0.446. The van der Waals surface area contributed by atoms with E-state index >= 15 is 0 Å². The van der Waals surface area contributed by atoms with E-state index in [1.807, 2.05) is 48.5 Å². The number of nitrogens with one attached hydrogen (secondary N) is 1. The van der Waals surface area contributed by atoms with Crippen LogP contribution in [-0.4, -0.2) is 36.9 Å². The van der Waals surface area contributed by atoms with Gasteiger partial charge in [-0.2, -0.15) is 5.10 Å². The maximum absolute atomic E-state index is 5.86. The highest BCUT2D eigenvalue weighted by atomic mass is 16.5. The number of nitrogens with zero attached hydrogens (tertiary/aromatic N) is 5. The third kappa shape index (κ3) is 2.90. The lowest BCUT2D eigenvalue weighted by Gasteiger charge is -2.08. The first-order valence-corrected chi connectivity index (χ1v) is 8.71. The van der Waals surface area contributed by atoms with Crippen LogP contribution in [0.5, 0.6) is 11.5 Å². The molecule has 5 rings (SSSR count). The van der Waals surface area contributed by atoms with Gasteiger partial charge in [0, 0.05) is 5.56 Å². The van der Waals surface area contributed by atoms with E-state index in [-0.39, 0.29) is 0 Å². The highest BCUT2D eigenvalue weighted by Gasteiger charge is 2.11. The number of benzene rings is 2. The Kier molecular flexibility index (Phi) is 3.86. The van der Waals surface area contributed by atoms with Crippen molar-refractivity contribution in [2.45, 2.75) is 6.61 Å². The zero-order valence-electron chi connectivity index (χ0n) is 15.0. The van der Waals surface area contributed by atoms with Gasteiger partial charge in [0.2, 0.25) is 0 Å². The average molecular weight is 372 g/mol. The summed E-state index contributed by atoms with van der Waals surface area (Å²) in [4.78, 5) is 8.94. The summed E-state index contributed by atoms with van der Waals surface area (Å²) in [5.74, 6) is 2.21. The SMILES string of the molecule is COc1ccc(OCc2cccc(-c3nc4c5cn[nH]c5ncn4n3)c2)cc1. The number of hydrogen-bond donors (Lipinski definition) is 1. The summed E-state index contributed by atoms with van der Waals surface area (Å²) in [6.07, 6.45) is 3.33. The lowest BCUT2D eigenvalue weighted by atomic mass is 10.1. The van der Waals surface area contributed by atoms with Gasteiger partial charge < -0.3 is 9.47 Å². The van der Waals surface area contributed by atoms with Crippen molar-refractivity contribution >= 4 is 16.7 Å². The maximum atomic E-state index is 5.86. The highest BCUT2D eigenvalue weighted by molar-refractivity contribution is 5.88. The number of aromatic amines is 1. The lowest BCUT2D eigenvalue weighted by molar-refractivity contribution is 0.305. The summed E-state index contributed by atoms with van der Waals surface area (Å²) in [5, 5.41) is 12.2. The van der Waals surface area contributed by atoms with E-state index in [4.69, 9.17) is 9.47 Å². The summed E-state index contributed by atoms with van der Waals surface area (Å²) in [7, 11) is 1.64. The molecule has 0 atom stereocenters. The van der Waals surface area contributed by atoms with E-state index in [0.29, 0.717) is 23.7 Å². The molecule has 3 aromatic heterocycles. The normalized spacial score (nSPS) is 11.2. The van der Waals surface area contributed by atoms with Gasteiger partial charge in [-0.3, -0.25) is 5.10 Å². The Balaban J connectivity index is 1.41. The topological polar surface area (TPSA) is 90.2 Å². The molecule has 2 aromatic carbocycles. The Bertz CT molecular complexity index is 1260. The molecule has 3 heterocycles. The second kappa shape index (κ2) is 6.66. The van der Waals surface area contributed by atoms with Gasteiger partial charge in [-0.25, -0.2) is 14.5 Å². The average Bonchev–Trinajstić information content (AvgIpc) is 3.39. The van der Waals surface area contributed by atoms with E-state index in [2.05, 4.69) is 25.3 Å². The van der Waals surface area contributed by atoms with Crippen LogP contribution >= 0.6 is 0 Å². The van der Waals surface area contributed by atoms with Gasteiger partial charge in [-0.05, 0) is 35.9 Å². The minimum Gasteiger partial charge on any atom is -0.497 e. The van der Waals surface area contributed by atoms with Crippen LogP contribution in [0.15, 0.2) is 61.1 Å². The Morgan fingerprint density at radius 3 is 2.79 bits per heavy atom. The molecule has 28 heavy (non-hydrogen) atoms. The molecule has 0 aliphatic rings. The van der Waals surface area contributed by atoms with Gasteiger partial charge in [-0.1, -0.05) is 18.2 Å². The molecule has 0 radical (unpaired) electrons. The molecular weight excluding hydrogens is 356 g/mol. The van der Waals surface area contributed by atoms with Crippen molar-refractivity contribution in [1.29, 1.82) is 0 Å². The van der Waals surface area contributed by atoms with Crippen molar-refractivity contribution in [3.63, 3.8) is 0 Å². The molecule has 0 fully saturated rings. The van der Waals surface area contributed by atoms with E-state index in [1.165, 1.54) is 0 Å². The Labute approximate surface area is 159 Å². The van der Waals surface area contributed by atoms with Crippen LogP contribution < -0.4 is 9.47 Å². The van der Waals surface area contributed by atoms with E-state index in [0.717, 1.165) is 28.0 Å². The van der Waals surface area contributed by atoms with Gasteiger partial charge in [-0.15, -0.1) is 5.10 Å². The van der Waals surface area contributed by atoms with Crippen LogP contribution in [-0.2, 0) is 6.61 Å². The number of H-pyrrole nitrogens is 1. The monoisotopic (exact) mass is 372 g/mol. The quantitative estimate of drug-likeness (QED) is 0.509. The fraction of sp³-hybridized carbons (Fsp3) is 0.100. The second-order valence-electron chi connectivity index (χ2n) is 6.25. The van der Waals surface area contributed by atoms with Gasteiger partial charge >= 0.3 is 0 Å². The molecule has 0 aliphatic heterocycles. The third-order valence-electron chi connectivity index (χ3n) is 4.44. The van der Waals surface area contributed by atoms with Crippen molar-refractivity contribution in [1.82, 2.24) is 29.8 Å². The molecule has 0 saturated heterocycles. The molecule has 5 aromatic rings. The van der Waals surface area contributed by atoms with Crippen molar-refractivity contribution in [2.24, 2.45) is 0 Å². The van der Waals surface area contributed by atoms with E-state index in [1.54, 1.807) is 24.1 Å². The summed E-state index contributed by atoms with van der Waals surface area (Å²) in [6, 6.07) is 15.5. The van der Waals surface area contributed by atoms with E-state index < -0.39 is 0 Å². The number of hydrogen-bond acceptors (Lipinski definition) is 6. The largest absolute Gasteiger partial charge is 0.497 e. The summed E-state index contributed by atoms with van der Waals surface area (Å²) in [6.45, 7) is 0.446. The molecule has 0 spiro atoms. The van der Waals surface area contributed by atoms with Crippen LogP contribution in [0.3, 0.4) is 0 Å². The number of rotatable bonds is 5. The summed E-state index contributed by atoms with van der Waals surface area (Å²) >= 11 is 0. The molecule has 138 valence electrons. The molecular formula is C20H16N6O2. The second-order valence-corrected chi connectivity index (χ2v) is 6.25. The number of fused-ring (bicyclic) bond motifs is 3. The van der Waals surface area contributed by atoms with Crippen LogP contribution in [0.1, 0.15) is 5.56 Å². The molecule has 0 amide bonds. The number of methoxy groups -OCH3 is 1. The first-order chi connectivity index (χ1) is 13.8. The standard InChI is InChI=1S/C20H16N6O2/c1-27-15-5-7-16(8-6-15)28-11-13-3-2-4-14(9-13)18-23-20-17-10-22-24-19(17)21-12-26(20)25-18/h2-10,12H,11H2,1H3,(H,22,24). The zero-order chi connectivity index (χ0) is 18.9. The Hall–Kier alpha value is -3.94. The van der Waals surface area contributed by atoms with Gasteiger partial charge in [0.1, 0.15) is 24.4 Å². The highest BCUT2D eigenvalue weighted by Crippen LogP contribution is 2.22. The first kappa shape index (κ1) is 16.2. The number of aromatic nitrogens is 6. The fourth-order valence-corrected chi connectivity index (χ4v) is 3.00. The van der Waals surface area contributed by atoms with Crippen molar-refractivity contribution in [2.75, 3.05) is 7.11 Å². The molecule has 1 N–H and O–H groups in total. The lowest BCUT2D eigenvalue weighted by Crippen LogP contribution is -1.96. The number of ether oxygens (including phenoxy) is 2. The predicted octanol–water partition coefficient (Wildman–Crippen LogP) is 3.26. The molecule has 0 bridgehead atoms. The van der Waals surface area contributed by atoms with Crippen LogP contribution in [0.2, 0.25) is 0 Å². The summed E-state index contributed by atoms with van der Waals surface area (Å²) < 4.78 is 12.7. The van der Waals surface area contributed by atoms with Gasteiger partial charge in [0.25, 0.3) is 0 Å². The maximum Gasteiger partial charge on any atom is 0.182 e. The Morgan fingerprint density at radius 2 is 1.93 bits per heavy atom. The molecule has 0 unspecified atom stereocenters. The van der Waals surface area contributed by atoms with Crippen molar-refractivity contribution < 1.29 is 9.47 Å². The van der Waals surface area contributed by atoms with Gasteiger partial charge in [0.15, 0.2) is 17.1 Å². The van der Waals surface area contributed by atoms with Crippen LogP contribution in [0, 0.1) is 0 Å². The molecule has 8 heteroatoms. The van der Waals surface area contributed by atoms with Crippen LogP contribution in [0.25, 0.3) is 28.1 Å². The smallest absolute Gasteiger partial charge is 0.182 e. The van der Waals surface area contributed by atoms with Crippen molar-refractivity contribution in [3.8, 4) is 22.9 Å². The minimum atomic E-state index is 0.446. The molecule has 8 nitrogen and oxygen atoms in total. The van der Waals surface area contributed by atoms with Crippen molar-refractivity contribution in [3.05, 3.63) is 66.6 Å². The van der Waals surface area contributed by atoms with Gasteiger partial charge in [0.05, 0.1) is 18.7 Å². The van der Waals surface area contributed by atoms with Crippen LogP contribution in [0.4, 0.5) is 0 Å². The Morgan fingerprint density at radius 1 is 1.07 bits per heavy atom. The molecule has 0 aliphatic carbocycles.